The molecule has 1 aromatic carbocycles. The average Bonchev–Trinajstić information content (AvgIpc) is 3.17. The van der Waals surface area contributed by atoms with Crippen LogP contribution >= 0.6 is 0 Å². The Morgan fingerprint density at radius 3 is 2.60 bits per heavy atom. The lowest BCUT2D eigenvalue weighted by Crippen LogP contribution is -2.29. The standard InChI is InChI=1S/C18H21F3N4/c1-24-10-7-12(8-11-24)16-13-6-9-22-17(13)25(23-16)15-5-3-2-4-14(15)18(19,20)21/h2-5,12,22H,6-11H2,1H3. The van der Waals surface area contributed by atoms with Crippen LogP contribution in [0.2, 0.25) is 0 Å². The molecule has 0 saturated carbocycles. The highest BCUT2D eigenvalue weighted by Crippen LogP contribution is 2.39. The Morgan fingerprint density at radius 1 is 1.16 bits per heavy atom. The van der Waals surface area contributed by atoms with E-state index in [1.54, 1.807) is 6.07 Å². The van der Waals surface area contributed by atoms with Crippen LogP contribution < -0.4 is 5.32 Å². The minimum absolute atomic E-state index is 0.0971. The van der Waals surface area contributed by atoms with Crippen molar-refractivity contribution in [2.45, 2.75) is 31.4 Å². The molecule has 0 unspecified atom stereocenters. The van der Waals surface area contributed by atoms with Crippen LogP contribution in [-0.2, 0) is 12.6 Å². The number of anilines is 1. The van der Waals surface area contributed by atoms with Crippen molar-refractivity contribution in [3.05, 3.63) is 41.1 Å². The van der Waals surface area contributed by atoms with Crippen LogP contribution in [0, 0.1) is 0 Å². The number of likely N-dealkylation sites (tertiary alicyclic amines) is 1. The molecular formula is C18H21F3N4. The number of piperidine rings is 1. The number of nitrogens with one attached hydrogen (secondary N) is 1. The van der Waals surface area contributed by atoms with Gasteiger partial charge in [0.25, 0.3) is 0 Å². The molecule has 1 aromatic heterocycles. The van der Waals surface area contributed by atoms with Crippen molar-refractivity contribution in [1.82, 2.24) is 14.7 Å². The van der Waals surface area contributed by atoms with Gasteiger partial charge in [0.15, 0.2) is 0 Å². The molecule has 1 saturated heterocycles. The van der Waals surface area contributed by atoms with E-state index in [0.717, 1.165) is 62.0 Å². The molecule has 7 heteroatoms. The van der Waals surface area contributed by atoms with Crippen molar-refractivity contribution in [2.75, 3.05) is 32.0 Å². The zero-order valence-electron chi connectivity index (χ0n) is 14.1. The smallest absolute Gasteiger partial charge is 0.369 e. The van der Waals surface area contributed by atoms with E-state index in [4.69, 9.17) is 0 Å². The van der Waals surface area contributed by atoms with E-state index in [2.05, 4.69) is 22.4 Å². The van der Waals surface area contributed by atoms with Crippen molar-refractivity contribution in [1.29, 1.82) is 0 Å². The van der Waals surface area contributed by atoms with Crippen LogP contribution in [0.5, 0.6) is 0 Å². The zero-order valence-corrected chi connectivity index (χ0v) is 14.1. The van der Waals surface area contributed by atoms with Gasteiger partial charge < -0.3 is 10.2 Å². The van der Waals surface area contributed by atoms with E-state index in [1.165, 1.54) is 16.8 Å². The molecule has 1 fully saturated rings. The van der Waals surface area contributed by atoms with Gasteiger partial charge in [-0.3, -0.25) is 0 Å². The van der Waals surface area contributed by atoms with Crippen molar-refractivity contribution < 1.29 is 13.2 Å². The number of nitrogens with zero attached hydrogens (tertiary/aromatic N) is 3. The molecular weight excluding hydrogens is 329 g/mol. The van der Waals surface area contributed by atoms with Crippen LogP contribution in [0.3, 0.4) is 0 Å². The summed E-state index contributed by atoms with van der Waals surface area (Å²) in [6.07, 6.45) is -1.57. The molecule has 0 atom stereocenters. The largest absolute Gasteiger partial charge is 0.418 e. The number of hydrogen-bond donors (Lipinski definition) is 1. The molecule has 25 heavy (non-hydrogen) atoms. The molecule has 2 aliphatic heterocycles. The maximum Gasteiger partial charge on any atom is 0.418 e. The van der Waals surface area contributed by atoms with Crippen LogP contribution in [-0.4, -0.2) is 41.4 Å². The molecule has 2 aromatic rings. The number of alkyl halides is 3. The lowest BCUT2D eigenvalue weighted by atomic mass is 9.91. The molecule has 134 valence electrons. The Kier molecular flexibility index (Phi) is 3.98. The molecule has 0 spiro atoms. The van der Waals surface area contributed by atoms with E-state index in [-0.39, 0.29) is 5.69 Å². The van der Waals surface area contributed by atoms with Gasteiger partial charge in [-0.05, 0) is 51.5 Å². The van der Waals surface area contributed by atoms with E-state index >= 15 is 0 Å². The Morgan fingerprint density at radius 2 is 1.88 bits per heavy atom. The highest BCUT2D eigenvalue weighted by molar-refractivity contribution is 5.59. The first-order valence-electron chi connectivity index (χ1n) is 8.66. The molecule has 2 aliphatic rings. The van der Waals surface area contributed by atoms with Crippen molar-refractivity contribution >= 4 is 5.82 Å². The van der Waals surface area contributed by atoms with E-state index in [0.29, 0.717) is 5.92 Å². The molecule has 0 amide bonds. The first kappa shape index (κ1) is 16.4. The fraction of sp³-hybridized carbons (Fsp3) is 0.500. The predicted molar refractivity (Wildman–Crippen MR) is 90.2 cm³/mol. The maximum atomic E-state index is 13.4. The van der Waals surface area contributed by atoms with Gasteiger partial charge in [0.05, 0.1) is 16.9 Å². The minimum Gasteiger partial charge on any atom is -0.369 e. The van der Waals surface area contributed by atoms with Gasteiger partial charge in [-0.15, -0.1) is 0 Å². The van der Waals surface area contributed by atoms with E-state index in [9.17, 15) is 13.2 Å². The van der Waals surface area contributed by atoms with Crippen molar-refractivity contribution in [2.24, 2.45) is 0 Å². The molecule has 0 bridgehead atoms. The second kappa shape index (κ2) is 6.05. The van der Waals surface area contributed by atoms with Crippen LogP contribution in [0.1, 0.15) is 35.6 Å². The summed E-state index contributed by atoms with van der Waals surface area (Å²) in [4.78, 5) is 2.28. The lowest BCUT2D eigenvalue weighted by molar-refractivity contribution is -0.137. The monoisotopic (exact) mass is 350 g/mol. The summed E-state index contributed by atoms with van der Waals surface area (Å²) in [5.41, 5.74) is 1.51. The molecule has 0 radical (unpaired) electrons. The van der Waals surface area contributed by atoms with Crippen molar-refractivity contribution in [3.8, 4) is 5.69 Å². The highest BCUT2D eigenvalue weighted by atomic mass is 19.4. The Balaban J connectivity index is 1.79. The van der Waals surface area contributed by atoms with Crippen LogP contribution in [0.15, 0.2) is 24.3 Å². The first-order chi connectivity index (χ1) is 11.9. The van der Waals surface area contributed by atoms with Gasteiger partial charge in [-0.25, -0.2) is 4.68 Å². The predicted octanol–water partition coefficient (Wildman–Crippen LogP) is 3.67. The van der Waals surface area contributed by atoms with Gasteiger partial charge in [0.2, 0.25) is 0 Å². The maximum absolute atomic E-state index is 13.4. The third-order valence-electron chi connectivity index (χ3n) is 5.22. The normalized spacial score (nSPS) is 19.0. The third-order valence-corrected chi connectivity index (χ3v) is 5.22. The van der Waals surface area contributed by atoms with Gasteiger partial charge in [0, 0.05) is 18.0 Å². The van der Waals surface area contributed by atoms with Crippen LogP contribution in [0.4, 0.5) is 19.0 Å². The van der Waals surface area contributed by atoms with E-state index < -0.39 is 11.7 Å². The second-order valence-corrected chi connectivity index (χ2v) is 6.89. The summed E-state index contributed by atoms with van der Waals surface area (Å²) in [6, 6.07) is 5.66. The Hall–Kier alpha value is -2.02. The number of hydrogen-bond acceptors (Lipinski definition) is 3. The molecule has 3 heterocycles. The van der Waals surface area contributed by atoms with Crippen LogP contribution in [0.25, 0.3) is 5.69 Å². The Labute approximate surface area is 144 Å². The van der Waals surface area contributed by atoms with Gasteiger partial charge in [0.1, 0.15) is 5.82 Å². The fourth-order valence-corrected chi connectivity index (χ4v) is 3.88. The number of aromatic nitrogens is 2. The summed E-state index contributed by atoms with van der Waals surface area (Å²) in [6.45, 7) is 2.75. The number of fused-ring (bicyclic) bond motifs is 1. The Bertz CT molecular complexity index is 773. The van der Waals surface area contributed by atoms with E-state index in [1.807, 2.05) is 0 Å². The van der Waals surface area contributed by atoms with Gasteiger partial charge in [-0.1, -0.05) is 12.1 Å². The number of benzene rings is 1. The molecule has 4 nitrogen and oxygen atoms in total. The molecule has 0 aliphatic carbocycles. The topological polar surface area (TPSA) is 33.1 Å². The summed E-state index contributed by atoms with van der Waals surface area (Å²) in [5.74, 6) is 1.05. The summed E-state index contributed by atoms with van der Waals surface area (Å²) >= 11 is 0. The number of halogens is 3. The lowest BCUT2D eigenvalue weighted by Gasteiger charge is -2.28. The number of rotatable bonds is 2. The average molecular weight is 350 g/mol. The zero-order chi connectivity index (χ0) is 17.6. The SMILES string of the molecule is CN1CCC(c2nn(-c3ccccc3C(F)(F)F)c3c2CCN3)CC1. The first-order valence-corrected chi connectivity index (χ1v) is 8.66. The fourth-order valence-electron chi connectivity index (χ4n) is 3.88. The third kappa shape index (κ3) is 2.90. The van der Waals surface area contributed by atoms with Gasteiger partial charge >= 0.3 is 6.18 Å². The van der Waals surface area contributed by atoms with Crippen molar-refractivity contribution in [3.63, 3.8) is 0 Å². The second-order valence-electron chi connectivity index (χ2n) is 6.89. The quantitative estimate of drug-likeness (QED) is 0.897. The minimum atomic E-state index is -4.40. The van der Waals surface area contributed by atoms with Gasteiger partial charge in [-0.2, -0.15) is 18.3 Å². The summed E-state index contributed by atoms with van der Waals surface area (Å²) in [5, 5.41) is 7.90. The summed E-state index contributed by atoms with van der Waals surface area (Å²) < 4.78 is 41.7. The highest BCUT2D eigenvalue weighted by Gasteiger charge is 2.36. The summed E-state index contributed by atoms with van der Waals surface area (Å²) in [7, 11) is 2.10. The molecule has 4 rings (SSSR count). The number of para-hydroxylation sites is 1. The molecule has 1 N–H and O–H groups in total.